The van der Waals surface area contributed by atoms with Gasteiger partial charge in [0.2, 0.25) is 5.95 Å². The third kappa shape index (κ3) is 4.40. The first-order chi connectivity index (χ1) is 13.5. The van der Waals surface area contributed by atoms with E-state index >= 15 is 0 Å². The Morgan fingerprint density at radius 1 is 1.21 bits per heavy atom. The largest absolute Gasteiger partial charge is 0.495 e. The van der Waals surface area contributed by atoms with Gasteiger partial charge in [0.05, 0.1) is 12.8 Å². The van der Waals surface area contributed by atoms with E-state index in [-0.39, 0.29) is 11.6 Å². The molecule has 144 valence electrons. The molecule has 7 heteroatoms. The predicted molar refractivity (Wildman–Crippen MR) is 112 cm³/mol. The van der Waals surface area contributed by atoms with Crippen LogP contribution in [0.1, 0.15) is 23.0 Å². The number of carbonyl (C=O) groups excluding carboxylic acids is 1. The maximum Gasteiger partial charge on any atom is 0.274 e. The number of nitrogens with one attached hydrogen (secondary N) is 1. The van der Waals surface area contributed by atoms with Gasteiger partial charge < -0.3 is 15.0 Å². The molecule has 3 aromatic rings. The van der Waals surface area contributed by atoms with Crippen LogP contribution in [0.15, 0.2) is 54.7 Å². The Labute approximate surface area is 169 Å². The predicted octanol–water partition coefficient (Wildman–Crippen LogP) is 4.86. The van der Waals surface area contributed by atoms with Crippen molar-refractivity contribution in [2.45, 2.75) is 13.8 Å². The lowest BCUT2D eigenvalue weighted by Gasteiger charge is -2.21. The molecule has 0 radical (unpaired) electrons. The van der Waals surface area contributed by atoms with E-state index in [1.54, 1.807) is 30.5 Å². The fourth-order valence-corrected chi connectivity index (χ4v) is 2.98. The fourth-order valence-electron chi connectivity index (χ4n) is 2.80. The zero-order valence-electron chi connectivity index (χ0n) is 15.9. The summed E-state index contributed by atoms with van der Waals surface area (Å²) in [4.78, 5) is 23.5. The smallest absolute Gasteiger partial charge is 0.274 e. The third-order valence-electron chi connectivity index (χ3n) is 4.16. The van der Waals surface area contributed by atoms with Crippen LogP contribution < -0.4 is 15.0 Å². The van der Waals surface area contributed by atoms with E-state index in [4.69, 9.17) is 16.3 Å². The molecule has 0 aliphatic rings. The number of ether oxygens (including phenoxy) is 1. The first-order valence-corrected chi connectivity index (χ1v) is 9.21. The molecule has 1 aromatic heterocycles. The molecule has 0 bridgehead atoms. The summed E-state index contributed by atoms with van der Waals surface area (Å²) in [5, 5.41) is 3.29. The number of halogens is 1. The number of hydrogen-bond acceptors (Lipinski definition) is 5. The second kappa shape index (κ2) is 8.71. The van der Waals surface area contributed by atoms with Gasteiger partial charge in [0.1, 0.15) is 11.4 Å². The van der Waals surface area contributed by atoms with Gasteiger partial charge in [0.15, 0.2) is 0 Å². The summed E-state index contributed by atoms with van der Waals surface area (Å²) in [6.07, 6.45) is 1.57. The number of nitrogens with zero attached hydrogens (tertiary/aromatic N) is 3. The minimum absolute atomic E-state index is 0.248. The summed E-state index contributed by atoms with van der Waals surface area (Å²) in [6, 6.07) is 14.6. The lowest BCUT2D eigenvalue weighted by atomic mass is 10.2. The molecular formula is C21H21ClN4O2. The van der Waals surface area contributed by atoms with Crippen LogP contribution >= 0.6 is 11.6 Å². The Balaban J connectivity index is 1.88. The molecule has 0 fully saturated rings. The molecular weight excluding hydrogens is 376 g/mol. The van der Waals surface area contributed by atoms with E-state index in [1.807, 2.05) is 36.9 Å². The Hall–Kier alpha value is -3.12. The molecule has 0 aliphatic carbocycles. The van der Waals surface area contributed by atoms with E-state index < -0.39 is 0 Å². The SMILES string of the molecule is CCN(c1cccc(C)c1)c1nccc(C(=O)Nc2cc(Cl)ccc2OC)n1. The molecule has 1 N–H and O–H groups in total. The Morgan fingerprint density at radius 2 is 2.04 bits per heavy atom. The second-order valence-electron chi connectivity index (χ2n) is 6.12. The maximum absolute atomic E-state index is 12.7. The van der Waals surface area contributed by atoms with Crippen LogP contribution in [0, 0.1) is 6.92 Å². The number of anilines is 3. The highest BCUT2D eigenvalue weighted by Crippen LogP contribution is 2.28. The molecule has 3 rings (SSSR count). The van der Waals surface area contributed by atoms with Gasteiger partial charge in [0.25, 0.3) is 5.91 Å². The van der Waals surface area contributed by atoms with Crippen molar-refractivity contribution in [1.29, 1.82) is 0 Å². The number of methoxy groups -OCH3 is 1. The topological polar surface area (TPSA) is 67.4 Å². The van der Waals surface area contributed by atoms with Crippen LogP contribution in [0.5, 0.6) is 5.75 Å². The van der Waals surface area contributed by atoms with Gasteiger partial charge in [-0.2, -0.15) is 0 Å². The van der Waals surface area contributed by atoms with Crippen LogP contribution in [0.2, 0.25) is 5.02 Å². The van der Waals surface area contributed by atoms with Crippen molar-refractivity contribution in [2.75, 3.05) is 23.9 Å². The quantitative estimate of drug-likeness (QED) is 0.644. The van der Waals surface area contributed by atoms with Crippen molar-refractivity contribution in [3.05, 3.63) is 71.0 Å². The molecule has 0 spiro atoms. The average molecular weight is 397 g/mol. The number of carbonyl (C=O) groups is 1. The van der Waals surface area contributed by atoms with Gasteiger partial charge >= 0.3 is 0 Å². The normalized spacial score (nSPS) is 10.4. The van der Waals surface area contributed by atoms with Gasteiger partial charge in [0, 0.05) is 23.5 Å². The van der Waals surface area contributed by atoms with E-state index in [0.717, 1.165) is 11.3 Å². The lowest BCUT2D eigenvalue weighted by molar-refractivity contribution is 0.102. The maximum atomic E-state index is 12.7. The Bertz CT molecular complexity index is 994. The van der Waals surface area contributed by atoms with Gasteiger partial charge in [-0.3, -0.25) is 4.79 Å². The molecule has 1 amide bonds. The molecule has 0 aliphatic heterocycles. The number of benzene rings is 2. The zero-order chi connectivity index (χ0) is 20.1. The third-order valence-corrected chi connectivity index (χ3v) is 4.39. The standard InChI is InChI=1S/C21H21ClN4O2/c1-4-26(16-7-5-6-14(2)12-16)21-23-11-10-17(25-21)20(27)24-18-13-15(22)8-9-19(18)28-3/h5-13H,4H2,1-3H3,(H,24,27). The van der Waals surface area contributed by atoms with Crippen molar-refractivity contribution in [1.82, 2.24) is 9.97 Å². The van der Waals surface area contributed by atoms with Gasteiger partial charge in [-0.25, -0.2) is 9.97 Å². The van der Waals surface area contributed by atoms with Crippen LogP contribution in [0.25, 0.3) is 0 Å². The summed E-state index contributed by atoms with van der Waals surface area (Å²) < 4.78 is 5.27. The van der Waals surface area contributed by atoms with Crippen molar-refractivity contribution < 1.29 is 9.53 Å². The van der Waals surface area contributed by atoms with E-state index in [1.165, 1.54) is 7.11 Å². The summed E-state index contributed by atoms with van der Waals surface area (Å²) in [5.74, 6) is 0.602. The molecule has 0 saturated carbocycles. The number of aromatic nitrogens is 2. The molecule has 0 saturated heterocycles. The number of aryl methyl sites for hydroxylation is 1. The first kappa shape index (κ1) is 19.6. The number of rotatable bonds is 6. The van der Waals surface area contributed by atoms with Crippen LogP contribution in [-0.2, 0) is 0 Å². The Morgan fingerprint density at radius 3 is 2.75 bits per heavy atom. The zero-order valence-corrected chi connectivity index (χ0v) is 16.7. The number of amides is 1. The molecule has 0 atom stereocenters. The Kier molecular flexibility index (Phi) is 6.11. The van der Waals surface area contributed by atoms with E-state index in [2.05, 4.69) is 21.4 Å². The lowest BCUT2D eigenvalue weighted by Crippen LogP contribution is -2.21. The highest BCUT2D eigenvalue weighted by atomic mass is 35.5. The highest BCUT2D eigenvalue weighted by Gasteiger charge is 2.16. The van der Waals surface area contributed by atoms with Gasteiger partial charge in [-0.15, -0.1) is 0 Å². The molecule has 1 heterocycles. The first-order valence-electron chi connectivity index (χ1n) is 8.84. The summed E-state index contributed by atoms with van der Waals surface area (Å²) in [6.45, 7) is 4.70. The summed E-state index contributed by atoms with van der Waals surface area (Å²) >= 11 is 6.03. The molecule has 28 heavy (non-hydrogen) atoms. The van der Waals surface area contributed by atoms with Crippen molar-refractivity contribution >= 4 is 34.8 Å². The van der Waals surface area contributed by atoms with E-state index in [0.29, 0.717) is 29.0 Å². The summed E-state index contributed by atoms with van der Waals surface area (Å²) in [5.41, 5.74) is 2.83. The van der Waals surface area contributed by atoms with Crippen LogP contribution in [0.3, 0.4) is 0 Å². The second-order valence-corrected chi connectivity index (χ2v) is 6.56. The summed E-state index contributed by atoms with van der Waals surface area (Å²) in [7, 11) is 1.53. The van der Waals surface area contributed by atoms with Crippen LogP contribution in [0.4, 0.5) is 17.3 Å². The molecule has 6 nitrogen and oxygen atoms in total. The minimum atomic E-state index is -0.371. The van der Waals surface area contributed by atoms with E-state index in [9.17, 15) is 4.79 Å². The molecule has 0 unspecified atom stereocenters. The van der Waals surface area contributed by atoms with Crippen molar-refractivity contribution in [2.24, 2.45) is 0 Å². The van der Waals surface area contributed by atoms with Crippen molar-refractivity contribution in [3.63, 3.8) is 0 Å². The average Bonchev–Trinajstić information content (AvgIpc) is 2.69. The van der Waals surface area contributed by atoms with Gasteiger partial charge in [-0.1, -0.05) is 23.7 Å². The van der Waals surface area contributed by atoms with Crippen molar-refractivity contribution in [3.8, 4) is 5.75 Å². The fraction of sp³-hybridized carbons (Fsp3) is 0.190. The van der Waals surface area contributed by atoms with Crippen LogP contribution in [-0.4, -0.2) is 29.5 Å². The molecule has 2 aromatic carbocycles. The number of hydrogen-bond donors (Lipinski definition) is 1. The van der Waals surface area contributed by atoms with Gasteiger partial charge in [-0.05, 0) is 55.8 Å². The highest BCUT2D eigenvalue weighted by molar-refractivity contribution is 6.31. The minimum Gasteiger partial charge on any atom is -0.495 e. The monoisotopic (exact) mass is 396 g/mol.